The maximum atomic E-state index is 12.2. The topological polar surface area (TPSA) is 62.5 Å². The molecule has 6 heteroatoms. The molecule has 0 unspecified atom stereocenters. The Morgan fingerprint density at radius 3 is 2.74 bits per heavy atom. The first-order valence-corrected chi connectivity index (χ1v) is 9.12. The summed E-state index contributed by atoms with van der Waals surface area (Å²) in [4.78, 5) is 21.3. The lowest BCUT2D eigenvalue weighted by Crippen LogP contribution is -2.47. The van der Waals surface area contributed by atoms with Crippen LogP contribution in [0.1, 0.15) is 69.5 Å². The molecule has 23 heavy (non-hydrogen) atoms. The van der Waals surface area contributed by atoms with Gasteiger partial charge in [0.2, 0.25) is 11.8 Å². The Bertz CT molecular complexity index is 569. The van der Waals surface area contributed by atoms with E-state index in [9.17, 15) is 4.79 Å². The lowest BCUT2D eigenvalue weighted by atomic mass is 10.0. The van der Waals surface area contributed by atoms with Crippen molar-refractivity contribution in [3.8, 4) is 0 Å². The van der Waals surface area contributed by atoms with E-state index in [1.165, 1.54) is 25.7 Å². The van der Waals surface area contributed by atoms with E-state index in [4.69, 9.17) is 4.52 Å². The molecule has 3 aliphatic rings. The third-order valence-corrected chi connectivity index (χ3v) is 5.55. The van der Waals surface area contributed by atoms with Gasteiger partial charge in [-0.25, -0.2) is 0 Å². The first-order valence-electron chi connectivity index (χ1n) is 9.12. The molecule has 3 heterocycles. The minimum Gasteiger partial charge on any atom is -0.338 e. The van der Waals surface area contributed by atoms with Gasteiger partial charge in [-0.15, -0.1) is 0 Å². The summed E-state index contributed by atoms with van der Waals surface area (Å²) in [6.07, 6.45) is 7.62. The van der Waals surface area contributed by atoms with Crippen LogP contribution in [-0.2, 0) is 11.3 Å². The predicted molar refractivity (Wildman–Crippen MR) is 84.7 cm³/mol. The van der Waals surface area contributed by atoms with Gasteiger partial charge in [0.1, 0.15) is 0 Å². The van der Waals surface area contributed by atoms with E-state index in [0.29, 0.717) is 30.3 Å². The van der Waals surface area contributed by atoms with Crippen LogP contribution in [0.5, 0.6) is 0 Å². The predicted octanol–water partition coefficient (Wildman–Crippen LogP) is 2.31. The molecule has 6 nitrogen and oxygen atoms in total. The molecule has 2 aliphatic heterocycles. The number of rotatable bonds is 5. The molecule has 2 atom stereocenters. The van der Waals surface area contributed by atoms with Gasteiger partial charge in [0, 0.05) is 31.0 Å². The van der Waals surface area contributed by atoms with E-state index >= 15 is 0 Å². The Balaban J connectivity index is 1.44. The lowest BCUT2D eigenvalue weighted by molar-refractivity contribution is -0.132. The molecule has 0 radical (unpaired) electrons. The summed E-state index contributed by atoms with van der Waals surface area (Å²) in [6, 6.07) is 0.819. The zero-order valence-corrected chi connectivity index (χ0v) is 13.9. The molecule has 2 saturated heterocycles. The van der Waals surface area contributed by atoms with Gasteiger partial charge in [-0.2, -0.15) is 4.98 Å². The quantitative estimate of drug-likeness (QED) is 0.833. The Morgan fingerprint density at radius 1 is 1.17 bits per heavy atom. The van der Waals surface area contributed by atoms with Gasteiger partial charge in [-0.05, 0) is 45.1 Å². The Labute approximate surface area is 137 Å². The van der Waals surface area contributed by atoms with E-state index < -0.39 is 0 Å². The Kier molecular flexibility index (Phi) is 4.09. The molecule has 0 spiro atoms. The van der Waals surface area contributed by atoms with Crippen LogP contribution in [0.25, 0.3) is 0 Å². The maximum absolute atomic E-state index is 12.2. The van der Waals surface area contributed by atoms with Crippen LogP contribution in [0.4, 0.5) is 0 Å². The van der Waals surface area contributed by atoms with Gasteiger partial charge < -0.3 is 9.42 Å². The molecule has 0 aromatic carbocycles. The summed E-state index contributed by atoms with van der Waals surface area (Å²) in [7, 11) is 0. The summed E-state index contributed by atoms with van der Waals surface area (Å²) in [5, 5.41) is 4.12. The van der Waals surface area contributed by atoms with Crippen LogP contribution in [-0.4, -0.2) is 51.0 Å². The van der Waals surface area contributed by atoms with Crippen molar-refractivity contribution >= 4 is 5.91 Å². The van der Waals surface area contributed by atoms with Crippen molar-refractivity contribution in [1.29, 1.82) is 0 Å². The van der Waals surface area contributed by atoms with Gasteiger partial charge in [-0.1, -0.05) is 12.1 Å². The highest BCUT2D eigenvalue weighted by atomic mass is 16.5. The number of hydrogen-bond acceptors (Lipinski definition) is 5. The van der Waals surface area contributed by atoms with Crippen molar-refractivity contribution in [2.75, 3.05) is 13.1 Å². The lowest BCUT2D eigenvalue weighted by Gasteiger charge is -2.34. The zero-order chi connectivity index (χ0) is 15.8. The Hall–Kier alpha value is -1.43. The number of carbonyl (C=O) groups excluding carboxylic acids is 1. The number of carbonyl (C=O) groups is 1. The number of hydrogen-bond donors (Lipinski definition) is 0. The zero-order valence-electron chi connectivity index (χ0n) is 13.9. The number of nitrogens with zero attached hydrogens (tertiary/aromatic N) is 4. The molecular formula is C17H26N4O2. The molecule has 0 bridgehead atoms. The summed E-state index contributed by atoms with van der Waals surface area (Å²) in [5.74, 6) is 2.46. The highest BCUT2D eigenvalue weighted by Gasteiger charge is 2.39. The van der Waals surface area contributed by atoms with Gasteiger partial charge >= 0.3 is 0 Å². The largest absolute Gasteiger partial charge is 0.338 e. The van der Waals surface area contributed by atoms with Crippen LogP contribution < -0.4 is 0 Å². The standard InChI is InChI=1S/C17H26N4O2/c1-2-16(22)21-10-4-6-14(21)13-5-3-9-20(13)11-15-18-17(19-23-15)12-7-8-12/h12-14H,2-11H2,1H3/t13-,14+/m1/s1. The first-order chi connectivity index (χ1) is 11.3. The third kappa shape index (κ3) is 3.01. The minimum absolute atomic E-state index is 0.299. The molecule has 1 aromatic heterocycles. The summed E-state index contributed by atoms with van der Waals surface area (Å²) in [6.45, 7) is 4.68. The second-order valence-corrected chi connectivity index (χ2v) is 7.15. The summed E-state index contributed by atoms with van der Waals surface area (Å²) in [5.41, 5.74) is 0. The fourth-order valence-electron chi connectivity index (χ4n) is 4.20. The average Bonchev–Trinajstić information content (AvgIpc) is 2.97. The monoisotopic (exact) mass is 318 g/mol. The van der Waals surface area contributed by atoms with Crippen LogP contribution in [0, 0.1) is 0 Å². The number of likely N-dealkylation sites (tertiary alicyclic amines) is 2. The van der Waals surface area contributed by atoms with Crippen LogP contribution in [0.15, 0.2) is 4.52 Å². The second-order valence-electron chi connectivity index (χ2n) is 7.15. The molecular weight excluding hydrogens is 292 g/mol. The molecule has 3 fully saturated rings. The fraction of sp³-hybridized carbons (Fsp3) is 0.824. The average molecular weight is 318 g/mol. The molecule has 126 valence electrons. The van der Waals surface area contributed by atoms with Gasteiger partial charge in [0.05, 0.1) is 6.54 Å². The third-order valence-electron chi connectivity index (χ3n) is 5.55. The maximum Gasteiger partial charge on any atom is 0.240 e. The highest BCUT2D eigenvalue weighted by molar-refractivity contribution is 5.76. The molecule has 1 saturated carbocycles. The summed E-state index contributed by atoms with van der Waals surface area (Å²) < 4.78 is 5.45. The van der Waals surface area contributed by atoms with Crippen LogP contribution in [0.2, 0.25) is 0 Å². The van der Waals surface area contributed by atoms with E-state index in [1.807, 2.05) is 6.92 Å². The fourth-order valence-corrected chi connectivity index (χ4v) is 4.20. The first kappa shape index (κ1) is 15.1. The van der Waals surface area contributed by atoms with Crippen molar-refractivity contribution in [2.45, 2.75) is 76.4 Å². The van der Waals surface area contributed by atoms with Crippen LogP contribution >= 0.6 is 0 Å². The van der Waals surface area contributed by atoms with Crippen molar-refractivity contribution in [3.05, 3.63) is 11.7 Å². The van der Waals surface area contributed by atoms with Gasteiger partial charge in [0.25, 0.3) is 0 Å². The van der Waals surface area contributed by atoms with E-state index in [-0.39, 0.29) is 0 Å². The van der Waals surface area contributed by atoms with E-state index in [0.717, 1.165) is 44.2 Å². The van der Waals surface area contributed by atoms with Crippen molar-refractivity contribution in [1.82, 2.24) is 19.9 Å². The van der Waals surface area contributed by atoms with E-state index in [2.05, 4.69) is 19.9 Å². The normalized spacial score (nSPS) is 28.7. The number of aromatic nitrogens is 2. The smallest absolute Gasteiger partial charge is 0.240 e. The van der Waals surface area contributed by atoms with Crippen molar-refractivity contribution in [2.24, 2.45) is 0 Å². The van der Waals surface area contributed by atoms with Crippen LogP contribution in [0.3, 0.4) is 0 Å². The Morgan fingerprint density at radius 2 is 1.96 bits per heavy atom. The molecule has 1 aliphatic carbocycles. The molecule has 1 aromatic rings. The number of amides is 1. The highest BCUT2D eigenvalue weighted by Crippen LogP contribution is 2.38. The van der Waals surface area contributed by atoms with Crippen molar-refractivity contribution in [3.63, 3.8) is 0 Å². The molecule has 1 amide bonds. The molecule has 0 N–H and O–H groups in total. The summed E-state index contributed by atoms with van der Waals surface area (Å²) >= 11 is 0. The second kappa shape index (κ2) is 6.23. The SMILES string of the molecule is CCC(=O)N1CCC[C@H]1[C@H]1CCCN1Cc1nc(C2CC2)no1. The van der Waals surface area contributed by atoms with Gasteiger partial charge in [0.15, 0.2) is 5.82 Å². The molecule has 4 rings (SSSR count). The van der Waals surface area contributed by atoms with Crippen molar-refractivity contribution < 1.29 is 9.32 Å². The van der Waals surface area contributed by atoms with E-state index in [1.54, 1.807) is 0 Å². The van der Waals surface area contributed by atoms with Gasteiger partial charge in [-0.3, -0.25) is 9.69 Å². The minimum atomic E-state index is 0.299.